The third-order valence-corrected chi connectivity index (χ3v) is 5.96. The Morgan fingerprint density at radius 1 is 0.862 bits per heavy atom. The molecule has 1 amide bonds. The van der Waals surface area contributed by atoms with Gasteiger partial charge in [0.1, 0.15) is 5.01 Å². The Labute approximate surface area is 175 Å². The van der Waals surface area contributed by atoms with Gasteiger partial charge in [0.2, 0.25) is 0 Å². The summed E-state index contributed by atoms with van der Waals surface area (Å²) >= 11 is 1.65. The standard InChI is InChI=1S/C25H22N2OS/c1-16-8-9-20(14-18(16)3)24(28)26-21-12-10-19(11-13-21)23-15-29-25(27-23)22-7-5-4-6-17(22)2/h4-15H,1-3H3,(H,26,28). The van der Waals surface area contributed by atoms with Crippen LogP contribution in [0.4, 0.5) is 5.69 Å². The van der Waals surface area contributed by atoms with Crippen LogP contribution in [-0.4, -0.2) is 10.9 Å². The zero-order chi connectivity index (χ0) is 20.4. The molecule has 1 aromatic heterocycles. The van der Waals surface area contributed by atoms with Crippen molar-refractivity contribution in [3.63, 3.8) is 0 Å². The maximum absolute atomic E-state index is 12.5. The molecule has 0 radical (unpaired) electrons. The third-order valence-electron chi connectivity index (χ3n) is 5.09. The maximum Gasteiger partial charge on any atom is 0.255 e. The molecule has 0 aliphatic rings. The number of aryl methyl sites for hydroxylation is 3. The average Bonchev–Trinajstić information content (AvgIpc) is 3.21. The fourth-order valence-electron chi connectivity index (χ4n) is 3.15. The smallest absolute Gasteiger partial charge is 0.255 e. The Kier molecular flexibility index (Phi) is 5.28. The summed E-state index contributed by atoms with van der Waals surface area (Å²) in [7, 11) is 0. The number of nitrogens with zero attached hydrogens (tertiary/aromatic N) is 1. The minimum atomic E-state index is -0.101. The van der Waals surface area contributed by atoms with E-state index in [-0.39, 0.29) is 5.91 Å². The van der Waals surface area contributed by atoms with Crippen LogP contribution in [0, 0.1) is 20.8 Å². The van der Waals surface area contributed by atoms with Crippen LogP contribution in [0.5, 0.6) is 0 Å². The van der Waals surface area contributed by atoms with Crippen LogP contribution in [0.1, 0.15) is 27.0 Å². The summed E-state index contributed by atoms with van der Waals surface area (Å²) in [6, 6.07) is 21.8. The summed E-state index contributed by atoms with van der Waals surface area (Å²) in [5.74, 6) is -0.101. The fraction of sp³-hybridized carbons (Fsp3) is 0.120. The minimum Gasteiger partial charge on any atom is -0.322 e. The van der Waals surface area contributed by atoms with Crippen molar-refractivity contribution in [3.8, 4) is 21.8 Å². The van der Waals surface area contributed by atoms with Crippen LogP contribution < -0.4 is 5.32 Å². The molecule has 3 nitrogen and oxygen atoms in total. The minimum absolute atomic E-state index is 0.101. The lowest BCUT2D eigenvalue weighted by Gasteiger charge is -2.08. The number of carbonyl (C=O) groups excluding carboxylic acids is 1. The van der Waals surface area contributed by atoms with Gasteiger partial charge in [-0.2, -0.15) is 0 Å². The molecule has 0 saturated heterocycles. The summed E-state index contributed by atoms with van der Waals surface area (Å²) < 4.78 is 0. The first-order valence-corrected chi connectivity index (χ1v) is 10.4. The van der Waals surface area contributed by atoms with Crippen LogP contribution in [0.2, 0.25) is 0 Å². The van der Waals surface area contributed by atoms with E-state index in [2.05, 4.69) is 29.8 Å². The van der Waals surface area contributed by atoms with Gasteiger partial charge in [-0.15, -0.1) is 11.3 Å². The van der Waals surface area contributed by atoms with Crippen molar-refractivity contribution in [1.29, 1.82) is 0 Å². The van der Waals surface area contributed by atoms with E-state index in [9.17, 15) is 4.79 Å². The molecule has 0 atom stereocenters. The van der Waals surface area contributed by atoms with E-state index in [1.165, 1.54) is 16.7 Å². The molecule has 0 aliphatic heterocycles. The van der Waals surface area contributed by atoms with Gasteiger partial charge in [-0.3, -0.25) is 4.79 Å². The molecular formula is C25H22N2OS. The SMILES string of the molecule is Cc1ccc(C(=O)Nc2ccc(-c3csc(-c4ccccc4C)n3)cc2)cc1C. The van der Waals surface area contributed by atoms with Crippen molar-refractivity contribution in [1.82, 2.24) is 4.98 Å². The van der Waals surface area contributed by atoms with Crippen LogP contribution in [-0.2, 0) is 0 Å². The molecule has 0 unspecified atom stereocenters. The molecule has 0 aliphatic carbocycles. The molecule has 4 aromatic rings. The van der Waals surface area contributed by atoms with E-state index in [1.54, 1.807) is 11.3 Å². The second-order valence-corrected chi connectivity index (χ2v) is 8.04. The third kappa shape index (κ3) is 4.13. The van der Waals surface area contributed by atoms with Crippen molar-refractivity contribution < 1.29 is 4.79 Å². The number of carbonyl (C=O) groups is 1. The first kappa shape index (κ1) is 19.1. The van der Waals surface area contributed by atoms with Crippen LogP contribution in [0.3, 0.4) is 0 Å². The highest BCUT2D eigenvalue weighted by Crippen LogP contribution is 2.31. The summed E-state index contributed by atoms with van der Waals surface area (Å²) in [4.78, 5) is 17.3. The van der Waals surface area contributed by atoms with E-state index in [0.717, 1.165) is 27.5 Å². The van der Waals surface area contributed by atoms with Gasteiger partial charge in [-0.05, 0) is 61.7 Å². The molecule has 4 rings (SSSR count). The van der Waals surface area contributed by atoms with Gasteiger partial charge in [0.15, 0.2) is 0 Å². The van der Waals surface area contributed by atoms with E-state index >= 15 is 0 Å². The van der Waals surface area contributed by atoms with Crippen molar-refractivity contribution in [2.75, 3.05) is 5.32 Å². The Morgan fingerprint density at radius 2 is 1.62 bits per heavy atom. The molecule has 0 spiro atoms. The molecule has 1 heterocycles. The number of aromatic nitrogens is 1. The monoisotopic (exact) mass is 398 g/mol. The van der Waals surface area contributed by atoms with Crippen molar-refractivity contribution >= 4 is 22.9 Å². The number of nitrogens with one attached hydrogen (secondary N) is 1. The molecular weight excluding hydrogens is 376 g/mol. The Hall–Kier alpha value is -3.24. The zero-order valence-electron chi connectivity index (χ0n) is 16.7. The number of hydrogen-bond acceptors (Lipinski definition) is 3. The van der Waals surface area contributed by atoms with Crippen molar-refractivity contribution in [3.05, 3.63) is 94.4 Å². The lowest BCUT2D eigenvalue weighted by molar-refractivity contribution is 0.102. The van der Waals surface area contributed by atoms with E-state index in [0.29, 0.717) is 5.56 Å². The normalized spacial score (nSPS) is 10.7. The Bertz CT molecular complexity index is 1180. The fourth-order valence-corrected chi connectivity index (χ4v) is 4.07. The highest BCUT2D eigenvalue weighted by molar-refractivity contribution is 7.13. The first-order chi connectivity index (χ1) is 14.0. The number of hydrogen-bond donors (Lipinski definition) is 1. The maximum atomic E-state index is 12.5. The highest BCUT2D eigenvalue weighted by Gasteiger charge is 2.10. The lowest BCUT2D eigenvalue weighted by Crippen LogP contribution is -2.12. The molecule has 4 heteroatoms. The number of rotatable bonds is 4. The molecule has 0 bridgehead atoms. The number of thiazole rings is 1. The zero-order valence-corrected chi connectivity index (χ0v) is 17.5. The molecule has 0 saturated carbocycles. The van der Waals surface area contributed by atoms with E-state index < -0.39 is 0 Å². The predicted molar refractivity (Wildman–Crippen MR) is 122 cm³/mol. The lowest BCUT2D eigenvalue weighted by atomic mass is 10.1. The van der Waals surface area contributed by atoms with Gasteiger partial charge in [0, 0.05) is 27.8 Å². The highest BCUT2D eigenvalue weighted by atomic mass is 32.1. The van der Waals surface area contributed by atoms with Gasteiger partial charge in [0.05, 0.1) is 5.69 Å². The van der Waals surface area contributed by atoms with Gasteiger partial charge in [0.25, 0.3) is 5.91 Å². The Morgan fingerprint density at radius 3 is 2.34 bits per heavy atom. The van der Waals surface area contributed by atoms with Crippen molar-refractivity contribution in [2.45, 2.75) is 20.8 Å². The summed E-state index contributed by atoms with van der Waals surface area (Å²) in [6.07, 6.45) is 0. The summed E-state index contributed by atoms with van der Waals surface area (Å²) in [5, 5.41) is 6.06. The first-order valence-electron chi connectivity index (χ1n) is 9.52. The summed E-state index contributed by atoms with van der Waals surface area (Å²) in [5.41, 5.74) is 8.09. The predicted octanol–water partition coefficient (Wildman–Crippen LogP) is 6.65. The van der Waals surface area contributed by atoms with Gasteiger partial charge >= 0.3 is 0 Å². The number of anilines is 1. The number of amides is 1. The molecule has 144 valence electrons. The average molecular weight is 399 g/mol. The second kappa shape index (κ2) is 8.02. The van der Waals surface area contributed by atoms with E-state index in [4.69, 9.17) is 4.98 Å². The van der Waals surface area contributed by atoms with Crippen LogP contribution >= 0.6 is 11.3 Å². The summed E-state index contributed by atoms with van der Waals surface area (Å²) in [6.45, 7) is 6.15. The largest absolute Gasteiger partial charge is 0.322 e. The topological polar surface area (TPSA) is 42.0 Å². The number of benzene rings is 3. The Balaban J connectivity index is 1.50. The van der Waals surface area contributed by atoms with Gasteiger partial charge < -0.3 is 5.32 Å². The molecule has 29 heavy (non-hydrogen) atoms. The van der Waals surface area contributed by atoms with Gasteiger partial charge in [-0.1, -0.05) is 42.5 Å². The van der Waals surface area contributed by atoms with Crippen molar-refractivity contribution in [2.24, 2.45) is 0 Å². The molecule has 3 aromatic carbocycles. The van der Waals surface area contributed by atoms with E-state index in [1.807, 2.05) is 68.4 Å². The molecule has 0 fully saturated rings. The van der Waals surface area contributed by atoms with Crippen LogP contribution in [0.15, 0.2) is 72.1 Å². The quantitative estimate of drug-likeness (QED) is 0.418. The second-order valence-electron chi connectivity index (χ2n) is 7.18. The van der Waals surface area contributed by atoms with Crippen LogP contribution in [0.25, 0.3) is 21.8 Å². The van der Waals surface area contributed by atoms with Gasteiger partial charge in [-0.25, -0.2) is 4.98 Å². The molecule has 1 N–H and O–H groups in total.